The van der Waals surface area contributed by atoms with Gasteiger partial charge in [-0.15, -0.1) is 10.2 Å². The monoisotopic (exact) mass is 282 g/mol. The number of phenols is 1. The van der Waals surface area contributed by atoms with E-state index in [9.17, 15) is 5.11 Å². The van der Waals surface area contributed by atoms with Crippen LogP contribution in [-0.2, 0) is 5.41 Å². The molecule has 1 fully saturated rings. The van der Waals surface area contributed by atoms with Gasteiger partial charge in [0, 0.05) is 23.1 Å². The van der Waals surface area contributed by atoms with E-state index in [1.807, 2.05) is 18.2 Å². The van der Waals surface area contributed by atoms with Crippen LogP contribution >= 0.6 is 0 Å². The van der Waals surface area contributed by atoms with Gasteiger partial charge in [-0.25, -0.2) is 0 Å². The van der Waals surface area contributed by atoms with Crippen molar-refractivity contribution in [2.24, 2.45) is 0 Å². The first-order valence-electron chi connectivity index (χ1n) is 7.40. The zero-order valence-corrected chi connectivity index (χ0v) is 11.8. The normalized spacial score (nSPS) is 19.2. The second-order valence-electron chi connectivity index (χ2n) is 5.89. The van der Waals surface area contributed by atoms with E-state index in [0.29, 0.717) is 0 Å². The van der Waals surface area contributed by atoms with Gasteiger partial charge in [0.1, 0.15) is 5.75 Å². The summed E-state index contributed by atoms with van der Waals surface area (Å²) >= 11 is 0. The van der Waals surface area contributed by atoms with Gasteiger partial charge in [0.2, 0.25) is 0 Å². The van der Waals surface area contributed by atoms with Crippen molar-refractivity contribution in [1.29, 1.82) is 0 Å². The van der Waals surface area contributed by atoms with E-state index in [0.717, 1.165) is 49.6 Å². The summed E-state index contributed by atoms with van der Waals surface area (Å²) in [6, 6.07) is 9.38. The molecule has 0 aliphatic carbocycles. The molecule has 0 saturated carbocycles. The highest BCUT2D eigenvalue weighted by Gasteiger charge is 2.41. The molecule has 4 rings (SSSR count). The van der Waals surface area contributed by atoms with Crippen molar-refractivity contribution in [2.45, 2.75) is 18.3 Å². The molecule has 3 N–H and O–H groups in total. The molecule has 21 heavy (non-hydrogen) atoms. The second kappa shape index (κ2) is 4.70. The van der Waals surface area contributed by atoms with Crippen molar-refractivity contribution in [2.75, 3.05) is 25.0 Å². The minimum absolute atomic E-state index is 0.162. The highest BCUT2D eigenvalue weighted by molar-refractivity contribution is 5.69. The molecule has 2 aliphatic heterocycles. The zero-order valence-electron chi connectivity index (χ0n) is 11.8. The Morgan fingerprint density at radius 3 is 2.71 bits per heavy atom. The fraction of sp³-hybridized carbons (Fsp3) is 0.375. The molecule has 2 aromatic rings. The largest absolute Gasteiger partial charge is 0.507 e. The minimum atomic E-state index is 0.162. The summed E-state index contributed by atoms with van der Waals surface area (Å²) in [5, 5.41) is 25.4. The van der Waals surface area contributed by atoms with E-state index in [2.05, 4.69) is 26.9 Å². The number of fused-ring (bicyclic) bond motifs is 2. The van der Waals surface area contributed by atoms with Crippen LogP contribution in [0.15, 0.2) is 30.3 Å². The minimum Gasteiger partial charge on any atom is -0.507 e. The van der Waals surface area contributed by atoms with Crippen molar-refractivity contribution in [3.63, 3.8) is 0 Å². The number of piperidine rings is 1. The lowest BCUT2D eigenvalue weighted by Crippen LogP contribution is -2.41. The van der Waals surface area contributed by atoms with Crippen LogP contribution < -0.4 is 10.6 Å². The Balaban J connectivity index is 1.81. The van der Waals surface area contributed by atoms with Gasteiger partial charge >= 0.3 is 0 Å². The highest BCUT2D eigenvalue weighted by Crippen LogP contribution is 2.43. The highest BCUT2D eigenvalue weighted by atomic mass is 16.3. The molecule has 5 nitrogen and oxygen atoms in total. The first kappa shape index (κ1) is 12.6. The molecule has 0 amide bonds. The second-order valence-corrected chi connectivity index (χ2v) is 5.89. The lowest BCUT2D eigenvalue weighted by molar-refractivity contribution is 0.335. The fourth-order valence-electron chi connectivity index (χ4n) is 3.45. The Bertz CT molecular complexity index is 674. The van der Waals surface area contributed by atoms with Gasteiger partial charge in [-0.1, -0.05) is 12.1 Å². The van der Waals surface area contributed by atoms with Gasteiger partial charge in [0.05, 0.1) is 5.69 Å². The standard InChI is InChI=1S/C16H18N4O/c21-14-4-2-1-3-11(14)13-9-12-15(20-19-13)18-10-16(12)5-7-17-8-6-16/h1-4,9,17,21H,5-8,10H2,(H,18,20). The van der Waals surface area contributed by atoms with Crippen LogP contribution in [0, 0.1) is 0 Å². The van der Waals surface area contributed by atoms with Gasteiger partial charge in [-0.2, -0.15) is 0 Å². The first-order chi connectivity index (χ1) is 10.3. The van der Waals surface area contributed by atoms with Crippen LogP contribution in [0.5, 0.6) is 5.75 Å². The number of hydrogen-bond acceptors (Lipinski definition) is 5. The number of para-hydroxylation sites is 1. The number of rotatable bonds is 1. The Kier molecular flexibility index (Phi) is 2.82. The van der Waals surface area contributed by atoms with Crippen LogP contribution in [-0.4, -0.2) is 34.9 Å². The third kappa shape index (κ3) is 1.96. The molecular weight excluding hydrogens is 264 g/mol. The summed E-state index contributed by atoms with van der Waals surface area (Å²) in [5.41, 5.74) is 2.89. The predicted octanol–water partition coefficient (Wildman–Crippen LogP) is 1.90. The Morgan fingerprint density at radius 2 is 1.90 bits per heavy atom. The quantitative estimate of drug-likeness (QED) is 0.745. The maximum Gasteiger partial charge on any atom is 0.152 e. The molecule has 1 aromatic heterocycles. The number of hydrogen-bond donors (Lipinski definition) is 3. The molecule has 0 bridgehead atoms. The third-order valence-corrected chi connectivity index (χ3v) is 4.70. The van der Waals surface area contributed by atoms with Crippen molar-refractivity contribution in [3.05, 3.63) is 35.9 Å². The van der Waals surface area contributed by atoms with Crippen molar-refractivity contribution in [1.82, 2.24) is 15.5 Å². The Morgan fingerprint density at radius 1 is 1.10 bits per heavy atom. The molecule has 1 aromatic carbocycles. The average Bonchev–Trinajstić information content (AvgIpc) is 2.87. The molecule has 0 radical (unpaired) electrons. The average molecular weight is 282 g/mol. The topological polar surface area (TPSA) is 70.1 Å². The predicted molar refractivity (Wildman–Crippen MR) is 81.4 cm³/mol. The van der Waals surface area contributed by atoms with Crippen LogP contribution in [0.1, 0.15) is 18.4 Å². The summed E-state index contributed by atoms with van der Waals surface area (Å²) < 4.78 is 0. The number of nitrogens with zero attached hydrogens (tertiary/aromatic N) is 2. The number of phenolic OH excluding ortho intramolecular Hbond substituents is 1. The van der Waals surface area contributed by atoms with Crippen molar-refractivity contribution < 1.29 is 5.11 Å². The molecule has 1 spiro atoms. The lowest BCUT2D eigenvalue weighted by atomic mass is 9.75. The van der Waals surface area contributed by atoms with E-state index >= 15 is 0 Å². The van der Waals surface area contributed by atoms with E-state index in [1.165, 1.54) is 5.56 Å². The number of aromatic nitrogens is 2. The van der Waals surface area contributed by atoms with Gasteiger partial charge in [-0.05, 0) is 44.1 Å². The molecular formula is C16H18N4O. The fourth-order valence-corrected chi connectivity index (χ4v) is 3.45. The van der Waals surface area contributed by atoms with Gasteiger partial charge in [0.25, 0.3) is 0 Å². The van der Waals surface area contributed by atoms with E-state index in [-0.39, 0.29) is 11.2 Å². The van der Waals surface area contributed by atoms with E-state index in [1.54, 1.807) is 6.07 Å². The number of anilines is 1. The van der Waals surface area contributed by atoms with Crippen LogP contribution in [0.25, 0.3) is 11.3 Å². The lowest BCUT2D eigenvalue weighted by Gasteiger charge is -2.33. The summed E-state index contributed by atoms with van der Waals surface area (Å²) in [7, 11) is 0. The zero-order chi connectivity index (χ0) is 14.3. The molecule has 0 atom stereocenters. The number of aromatic hydroxyl groups is 1. The maximum atomic E-state index is 10.0. The van der Waals surface area contributed by atoms with Crippen LogP contribution in [0.4, 0.5) is 5.82 Å². The Labute approximate surface area is 123 Å². The summed E-state index contributed by atoms with van der Waals surface area (Å²) in [4.78, 5) is 0. The van der Waals surface area contributed by atoms with Crippen LogP contribution in [0.2, 0.25) is 0 Å². The summed E-state index contributed by atoms with van der Waals surface area (Å²) in [6.07, 6.45) is 2.22. The van der Waals surface area contributed by atoms with Crippen LogP contribution in [0.3, 0.4) is 0 Å². The number of benzene rings is 1. The summed E-state index contributed by atoms with van der Waals surface area (Å²) in [6.45, 7) is 3.01. The number of nitrogens with one attached hydrogen (secondary N) is 2. The van der Waals surface area contributed by atoms with E-state index in [4.69, 9.17) is 0 Å². The molecule has 108 valence electrons. The SMILES string of the molecule is Oc1ccccc1-c1cc2c(nn1)NCC21CCNCC1. The maximum absolute atomic E-state index is 10.0. The molecule has 0 unspecified atom stereocenters. The smallest absolute Gasteiger partial charge is 0.152 e. The van der Waals surface area contributed by atoms with Gasteiger partial charge in [-0.3, -0.25) is 0 Å². The van der Waals surface area contributed by atoms with E-state index < -0.39 is 0 Å². The molecule has 3 heterocycles. The van der Waals surface area contributed by atoms with Gasteiger partial charge < -0.3 is 15.7 Å². The van der Waals surface area contributed by atoms with Gasteiger partial charge in [0.15, 0.2) is 5.82 Å². The molecule has 2 aliphatic rings. The Hall–Kier alpha value is -2.14. The third-order valence-electron chi connectivity index (χ3n) is 4.70. The summed E-state index contributed by atoms with van der Waals surface area (Å²) in [5.74, 6) is 1.15. The molecule has 5 heteroatoms. The van der Waals surface area contributed by atoms with Crippen molar-refractivity contribution >= 4 is 5.82 Å². The van der Waals surface area contributed by atoms with Crippen molar-refractivity contribution in [3.8, 4) is 17.0 Å². The first-order valence-corrected chi connectivity index (χ1v) is 7.40. The molecule has 1 saturated heterocycles.